The Morgan fingerprint density at radius 2 is 1.89 bits per heavy atom. The van der Waals surface area contributed by atoms with Crippen molar-refractivity contribution in [1.82, 2.24) is 5.32 Å². The van der Waals surface area contributed by atoms with Crippen molar-refractivity contribution in [2.24, 2.45) is 5.92 Å². The summed E-state index contributed by atoms with van der Waals surface area (Å²) in [6.45, 7) is 0.998. The molecule has 7 nitrogen and oxygen atoms in total. The number of hydrogen-bond acceptors (Lipinski definition) is 5. The van der Waals surface area contributed by atoms with Gasteiger partial charge in [-0.3, -0.25) is 9.59 Å². The van der Waals surface area contributed by atoms with E-state index in [0.717, 1.165) is 16.9 Å². The van der Waals surface area contributed by atoms with Gasteiger partial charge in [0.2, 0.25) is 18.6 Å². The molecule has 7 heteroatoms. The van der Waals surface area contributed by atoms with Crippen molar-refractivity contribution >= 4 is 23.2 Å². The minimum absolute atomic E-state index is 0.0608. The van der Waals surface area contributed by atoms with Gasteiger partial charge in [0, 0.05) is 51.0 Å². The fraction of sp³-hybridized carbons (Fsp3) is 0.333. The Morgan fingerprint density at radius 1 is 1.14 bits per heavy atom. The Morgan fingerprint density at radius 3 is 2.64 bits per heavy atom. The third kappa shape index (κ3) is 3.60. The van der Waals surface area contributed by atoms with E-state index in [-0.39, 0.29) is 30.9 Å². The maximum absolute atomic E-state index is 12.6. The van der Waals surface area contributed by atoms with Gasteiger partial charge in [0.05, 0.1) is 5.92 Å². The summed E-state index contributed by atoms with van der Waals surface area (Å²) in [6.07, 6.45) is 0.208. The first kappa shape index (κ1) is 18.2. The fourth-order valence-corrected chi connectivity index (χ4v) is 3.43. The molecule has 28 heavy (non-hydrogen) atoms. The molecule has 1 saturated heterocycles. The molecule has 1 unspecified atom stereocenters. The zero-order valence-corrected chi connectivity index (χ0v) is 16.0. The Hall–Kier alpha value is -3.22. The molecule has 2 aromatic carbocycles. The highest BCUT2D eigenvalue weighted by molar-refractivity contribution is 6.00. The van der Waals surface area contributed by atoms with Crippen LogP contribution in [-0.4, -0.2) is 39.2 Å². The molecule has 2 heterocycles. The molecular formula is C21H23N3O4. The molecule has 0 saturated carbocycles. The molecule has 1 atom stereocenters. The Kier molecular flexibility index (Phi) is 4.81. The second-order valence-electron chi connectivity index (χ2n) is 7.22. The van der Waals surface area contributed by atoms with Crippen LogP contribution >= 0.6 is 0 Å². The number of nitrogens with zero attached hydrogens (tertiary/aromatic N) is 2. The van der Waals surface area contributed by atoms with Crippen LogP contribution in [0.4, 0.5) is 11.4 Å². The molecule has 0 bridgehead atoms. The lowest BCUT2D eigenvalue weighted by Gasteiger charge is -2.17. The average Bonchev–Trinajstić information content (AvgIpc) is 3.32. The zero-order chi connectivity index (χ0) is 19.7. The van der Waals surface area contributed by atoms with Gasteiger partial charge in [-0.25, -0.2) is 0 Å². The van der Waals surface area contributed by atoms with Crippen LogP contribution in [0.1, 0.15) is 12.0 Å². The third-order valence-corrected chi connectivity index (χ3v) is 5.08. The molecule has 2 aliphatic heterocycles. The lowest BCUT2D eigenvalue weighted by Crippen LogP contribution is -2.32. The maximum atomic E-state index is 12.6. The van der Waals surface area contributed by atoms with Crippen LogP contribution in [0, 0.1) is 5.92 Å². The molecule has 1 fully saturated rings. The number of carbonyl (C=O) groups is 2. The number of nitrogens with one attached hydrogen (secondary N) is 1. The van der Waals surface area contributed by atoms with Crippen molar-refractivity contribution in [3.05, 3.63) is 48.0 Å². The number of carbonyl (C=O) groups excluding carboxylic acids is 2. The molecule has 0 spiro atoms. The number of rotatable bonds is 5. The van der Waals surface area contributed by atoms with Gasteiger partial charge in [0.25, 0.3) is 0 Å². The monoisotopic (exact) mass is 381 g/mol. The summed E-state index contributed by atoms with van der Waals surface area (Å²) in [5, 5.41) is 2.95. The maximum Gasteiger partial charge on any atom is 0.231 e. The summed E-state index contributed by atoms with van der Waals surface area (Å²) in [4.78, 5) is 28.7. The van der Waals surface area contributed by atoms with Crippen LogP contribution in [0.5, 0.6) is 11.5 Å². The normalized spacial score (nSPS) is 17.7. The van der Waals surface area contributed by atoms with Gasteiger partial charge in [-0.1, -0.05) is 12.1 Å². The highest BCUT2D eigenvalue weighted by Gasteiger charge is 2.35. The van der Waals surface area contributed by atoms with E-state index < -0.39 is 0 Å². The SMILES string of the molecule is CN(C)c1ccc(CNC(=O)C2CC(=O)N(c3ccc4c(c3)OCO4)C2)cc1. The Labute approximate surface area is 163 Å². The Bertz CT molecular complexity index is 895. The highest BCUT2D eigenvalue weighted by Crippen LogP contribution is 2.37. The van der Waals surface area contributed by atoms with E-state index >= 15 is 0 Å². The molecule has 2 aliphatic rings. The first-order valence-corrected chi connectivity index (χ1v) is 9.25. The fourth-order valence-electron chi connectivity index (χ4n) is 3.43. The number of amides is 2. The topological polar surface area (TPSA) is 71.1 Å². The molecule has 0 aliphatic carbocycles. The number of ether oxygens (including phenoxy) is 2. The number of fused-ring (bicyclic) bond motifs is 1. The van der Waals surface area contributed by atoms with Crippen molar-refractivity contribution in [3.8, 4) is 11.5 Å². The van der Waals surface area contributed by atoms with E-state index in [0.29, 0.717) is 24.6 Å². The van der Waals surface area contributed by atoms with Crippen molar-refractivity contribution in [3.63, 3.8) is 0 Å². The number of hydrogen-bond donors (Lipinski definition) is 1. The largest absolute Gasteiger partial charge is 0.454 e. The van der Waals surface area contributed by atoms with Crippen LogP contribution < -0.4 is 24.6 Å². The minimum Gasteiger partial charge on any atom is -0.454 e. The van der Waals surface area contributed by atoms with Gasteiger partial charge in [0.1, 0.15) is 0 Å². The number of benzene rings is 2. The van der Waals surface area contributed by atoms with Crippen molar-refractivity contribution in [1.29, 1.82) is 0 Å². The van der Waals surface area contributed by atoms with Crippen LogP contribution in [-0.2, 0) is 16.1 Å². The third-order valence-electron chi connectivity index (χ3n) is 5.08. The summed E-state index contributed by atoms with van der Waals surface area (Å²) in [6, 6.07) is 13.4. The first-order chi connectivity index (χ1) is 13.5. The lowest BCUT2D eigenvalue weighted by molar-refractivity contribution is -0.126. The van der Waals surface area contributed by atoms with Crippen LogP contribution in [0.3, 0.4) is 0 Å². The highest BCUT2D eigenvalue weighted by atomic mass is 16.7. The quantitative estimate of drug-likeness (QED) is 0.859. The van der Waals surface area contributed by atoms with Crippen LogP contribution in [0.15, 0.2) is 42.5 Å². The summed E-state index contributed by atoms with van der Waals surface area (Å²) in [7, 11) is 3.97. The summed E-state index contributed by atoms with van der Waals surface area (Å²) in [5.41, 5.74) is 2.86. The average molecular weight is 381 g/mol. The van der Waals surface area contributed by atoms with Crippen LogP contribution in [0.2, 0.25) is 0 Å². The second-order valence-corrected chi connectivity index (χ2v) is 7.22. The lowest BCUT2D eigenvalue weighted by atomic mass is 10.1. The van der Waals surface area contributed by atoms with E-state index in [1.54, 1.807) is 17.0 Å². The predicted octanol–water partition coefficient (Wildman–Crippen LogP) is 2.15. The summed E-state index contributed by atoms with van der Waals surface area (Å²) < 4.78 is 10.7. The van der Waals surface area contributed by atoms with E-state index in [4.69, 9.17) is 9.47 Å². The van der Waals surface area contributed by atoms with Gasteiger partial charge >= 0.3 is 0 Å². The molecule has 1 N–H and O–H groups in total. The van der Waals surface area contributed by atoms with Gasteiger partial charge in [-0.15, -0.1) is 0 Å². The molecule has 2 aromatic rings. The van der Waals surface area contributed by atoms with Crippen LogP contribution in [0.25, 0.3) is 0 Å². The zero-order valence-electron chi connectivity index (χ0n) is 16.0. The standard InChI is InChI=1S/C21H23N3O4/c1-23(2)16-5-3-14(4-6-16)11-22-21(26)15-9-20(25)24(12-15)17-7-8-18-19(10-17)28-13-27-18/h3-8,10,15H,9,11-13H2,1-2H3,(H,22,26). The van der Waals surface area contributed by atoms with E-state index in [1.165, 1.54) is 0 Å². The number of anilines is 2. The molecular weight excluding hydrogens is 358 g/mol. The van der Waals surface area contributed by atoms with Gasteiger partial charge in [0.15, 0.2) is 11.5 Å². The summed E-state index contributed by atoms with van der Waals surface area (Å²) in [5.74, 6) is 0.769. The minimum atomic E-state index is -0.362. The predicted molar refractivity (Wildman–Crippen MR) is 106 cm³/mol. The first-order valence-electron chi connectivity index (χ1n) is 9.25. The van der Waals surface area contributed by atoms with Crippen molar-refractivity contribution in [2.75, 3.05) is 37.2 Å². The molecule has 0 radical (unpaired) electrons. The second kappa shape index (κ2) is 7.42. The van der Waals surface area contributed by atoms with Gasteiger partial charge < -0.3 is 24.6 Å². The van der Waals surface area contributed by atoms with Crippen molar-refractivity contribution < 1.29 is 19.1 Å². The molecule has 2 amide bonds. The van der Waals surface area contributed by atoms with E-state index in [9.17, 15) is 9.59 Å². The van der Waals surface area contributed by atoms with E-state index in [1.807, 2.05) is 49.3 Å². The van der Waals surface area contributed by atoms with Gasteiger partial charge in [-0.05, 0) is 29.8 Å². The van der Waals surface area contributed by atoms with E-state index in [2.05, 4.69) is 5.32 Å². The molecule has 4 rings (SSSR count). The molecule has 0 aromatic heterocycles. The Balaban J connectivity index is 1.36. The summed E-state index contributed by atoms with van der Waals surface area (Å²) >= 11 is 0. The van der Waals surface area contributed by atoms with Gasteiger partial charge in [-0.2, -0.15) is 0 Å². The smallest absolute Gasteiger partial charge is 0.231 e. The molecule has 146 valence electrons. The van der Waals surface area contributed by atoms with Crippen molar-refractivity contribution in [2.45, 2.75) is 13.0 Å².